The second kappa shape index (κ2) is 8.27. The topological polar surface area (TPSA) is 120 Å². The molecule has 10 heteroatoms. The molecule has 0 unspecified atom stereocenters. The van der Waals surface area contributed by atoms with Gasteiger partial charge < -0.3 is 14.6 Å². The summed E-state index contributed by atoms with van der Waals surface area (Å²) < 4.78 is 12.5. The minimum absolute atomic E-state index is 0.0678. The Labute approximate surface area is 177 Å². The van der Waals surface area contributed by atoms with Crippen LogP contribution < -0.4 is 9.64 Å². The summed E-state index contributed by atoms with van der Waals surface area (Å²) in [6.07, 6.45) is 0. The van der Waals surface area contributed by atoms with E-state index in [0.717, 1.165) is 0 Å². The van der Waals surface area contributed by atoms with Crippen LogP contribution >= 0.6 is 0 Å². The van der Waals surface area contributed by atoms with Crippen LogP contribution in [0.5, 0.6) is 11.5 Å². The summed E-state index contributed by atoms with van der Waals surface area (Å²) in [6, 6.07) is 13.7. The number of ether oxygens (including phenoxy) is 2. The Morgan fingerprint density at radius 1 is 1.13 bits per heavy atom. The number of aliphatic carboxylic acids is 1. The molecule has 0 atom stereocenters. The maximum Gasteiger partial charge on any atom is 0.338 e. The lowest BCUT2D eigenvalue weighted by molar-refractivity contribution is -0.133. The fourth-order valence-electron chi connectivity index (χ4n) is 3.25. The molecule has 1 aromatic heterocycles. The Balaban J connectivity index is 1.70. The Morgan fingerprint density at radius 3 is 2.58 bits per heavy atom. The maximum atomic E-state index is 11.8. The number of rotatable bonds is 6. The van der Waals surface area contributed by atoms with Gasteiger partial charge in [-0.2, -0.15) is 0 Å². The highest BCUT2D eigenvalue weighted by Crippen LogP contribution is 2.40. The lowest BCUT2D eigenvalue weighted by atomic mass is 10.1. The normalized spacial score (nSPS) is 13.0. The number of aromatic nitrogens is 4. The molecule has 4 rings (SSSR count). The third kappa shape index (κ3) is 3.82. The van der Waals surface area contributed by atoms with Gasteiger partial charge in [-0.3, -0.25) is 4.90 Å². The molecule has 1 N–H and O–H groups in total. The summed E-state index contributed by atoms with van der Waals surface area (Å²) in [5, 5.41) is 21.2. The number of carbonyl (C=O) groups excluding carboxylic acids is 1. The van der Waals surface area contributed by atoms with E-state index in [0.29, 0.717) is 41.0 Å². The molecule has 3 aromatic rings. The number of hydrogen-bond acceptors (Lipinski definition) is 8. The second-order valence-corrected chi connectivity index (χ2v) is 6.66. The Bertz CT molecular complexity index is 1170. The molecule has 31 heavy (non-hydrogen) atoms. The molecule has 0 radical (unpaired) electrons. The van der Waals surface area contributed by atoms with Crippen molar-refractivity contribution >= 4 is 23.6 Å². The van der Waals surface area contributed by atoms with Crippen LogP contribution in [-0.4, -0.2) is 43.9 Å². The highest BCUT2D eigenvalue weighted by atomic mass is 16.5. The zero-order valence-electron chi connectivity index (χ0n) is 16.8. The molecule has 1 aliphatic heterocycles. The fraction of sp³-hybridized carbons (Fsp3) is 0.190. The van der Waals surface area contributed by atoms with E-state index in [1.54, 1.807) is 61.2 Å². The van der Waals surface area contributed by atoms with Gasteiger partial charge in [0.1, 0.15) is 5.75 Å². The van der Waals surface area contributed by atoms with Crippen LogP contribution in [0.25, 0.3) is 0 Å². The van der Waals surface area contributed by atoms with Crippen molar-refractivity contribution in [2.75, 3.05) is 11.5 Å². The van der Waals surface area contributed by atoms with E-state index in [9.17, 15) is 14.7 Å². The highest BCUT2D eigenvalue weighted by molar-refractivity contribution is 5.90. The first-order valence-corrected chi connectivity index (χ1v) is 9.53. The number of hydrogen-bond donors (Lipinski definition) is 1. The van der Waals surface area contributed by atoms with Crippen molar-refractivity contribution < 1.29 is 24.2 Å². The van der Waals surface area contributed by atoms with Crippen LogP contribution in [-0.2, 0) is 16.1 Å². The molecule has 0 bridgehead atoms. The molecular formula is C21H19N5O5. The van der Waals surface area contributed by atoms with Gasteiger partial charge in [0.15, 0.2) is 5.75 Å². The number of anilines is 2. The molecule has 0 fully saturated rings. The number of fused-ring (bicyclic) bond motifs is 1. The smallest absolute Gasteiger partial charge is 0.338 e. The SMILES string of the molecule is CCOC(=O)c1ccc(Oc2ccccc2N2C(C)=C(C(=O)O)Cn3nnnc32)cc1. The average molecular weight is 421 g/mol. The number of carboxylic acids is 1. The number of esters is 1. The number of carbonyl (C=O) groups is 2. The minimum atomic E-state index is -1.04. The number of benzene rings is 2. The lowest BCUT2D eigenvalue weighted by Gasteiger charge is -2.30. The predicted molar refractivity (Wildman–Crippen MR) is 109 cm³/mol. The van der Waals surface area contributed by atoms with Crippen LogP contribution in [0.3, 0.4) is 0 Å². The molecule has 0 saturated heterocycles. The zero-order valence-corrected chi connectivity index (χ0v) is 16.8. The van der Waals surface area contributed by atoms with Crippen molar-refractivity contribution in [2.24, 2.45) is 0 Å². The first-order chi connectivity index (χ1) is 15.0. The Hall–Kier alpha value is -4.21. The first-order valence-electron chi connectivity index (χ1n) is 9.53. The fourth-order valence-corrected chi connectivity index (χ4v) is 3.25. The third-order valence-electron chi connectivity index (χ3n) is 4.75. The van der Waals surface area contributed by atoms with E-state index in [1.165, 1.54) is 4.68 Å². The van der Waals surface area contributed by atoms with Crippen molar-refractivity contribution in [3.8, 4) is 11.5 Å². The molecule has 0 saturated carbocycles. The number of tetrazole rings is 1. The monoisotopic (exact) mass is 421 g/mol. The molecule has 2 heterocycles. The van der Waals surface area contributed by atoms with Crippen molar-refractivity contribution in [3.63, 3.8) is 0 Å². The first kappa shape index (κ1) is 20.1. The van der Waals surface area contributed by atoms with E-state index in [2.05, 4.69) is 15.5 Å². The van der Waals surface area contributed by atoms with Gasteiger partial charge in [0.05, 0.1) is 30.0 Å². The Morgan fingerprint density at radius 2 is 1.87 bits per heavy atom. The van der Waals surface area contributed by atoms with E-state index < -0.39 is 11.9 Å². The van der Waals surface area contributed by atoms with Gasteiger partial charge in [-0.1, -0.05) is 17.2 Å². The Kier molecular flexibility index (Phi) is 5.35. The quantitative estimate of drug-likeness (QED) is 0.598. The number of allylic oxidation sites excluding steroid dienone is 1. The molecule has 0 aliphatic carbocycles. The third-order valence-corrected chi connectivity index (χ3v) is 4.75. The summed E-state index contributed by atoms with van der Waals surface area (Å²) in [4.78, 5) is 25.2. The van der Waals surface area contributed by atoms with Gasteiger partial charge in [-0.05, 0) is 60.7 Å². The van der Waals surface area contributed by atoms with Crippen LogP contribution in [0.4, 0.5) is 11.6 Å². The average Bonchev–Trinajstić information content (AvgIpc) is 3.23. The van der Waals surface area contributed by atoms with Crippen LogP contribution in [0.15, 0.2) is 59.8 Å². The van der Waals surface area contributed by atoms with Crippen LogP contribution in [0.1, 0.15) is 24.2 Å². The van der Waals surface area contributed by atoms with E-state index in [4.69, 9.17) is 9.47 Å². The highest BCUT2D eigenvalue weighted by Gasteiger charge is 2.31. The van der Waals surface area contributed by atoms with Crippen molar-refractivity contribution in [1.29, 1.82) is 0 Å². The van der Waals surface area contributed by atoms with Gasteiger partial charge >= 0.3 is 11.9 Å². The standard InChI is InChI=1S/C21H19N5O5/c1-3-30-20(29)14-8-10-15(11-9-14)31-18-7-5-4-6-17(18)26-13(2)16(19(27)28)12-25-21(26)22-23-24-25/h4-11H,3,12H2,1-2H3,(H,27,28). The summed E-state index contributed by atoms with van der Waals surface area (Å²) in [5.74, 6) is -0.103. The van der Waals surface area contributed by atoms with Crippen LogP contribution in [0, 0.1) is 0 Å². The van der Waals surface area contributed by atoms with Gasteiger partial charge in [0.2, 0.25) is 0 Å². The summed E-state index contributed by atoms with van der Waals surface area (Å²) in [7, 11) is 0. The molecule has 158 valence electrons. The second-order valence-electron chi connectivity index (χ2n) is 6.66. The zero-order chi connectivity index (χ0) is 22.0. The van der Waals surface area contributed by atoms with E-state index >= 15 is 0 Å². The maximum absolute atomic E-state index is 11.8. The van der Waals surface area contributed by atoms with Gasteiger partial charge in [0.25, 0.3) is 5.95 Å². The molecule has 1 aliphatic rings. The molecule has 0 spiro atoms. The molecule has 2 aromatic carbocycles. The minimum Gasteiger partial charge on any atom is -0.478 e. The van der Waals surface area contributed by atoms with Crippen molar-refractivity contribution in [1.82, 2.24) is 20.2 Å². The number of nitrogens with zero attached hydrogens (tertiary/aromatic N) is 5. The lowest BCUT2D eigenvalue weighted by Crippen LogP contribution is -2.30. The van der Waals surface area contributed by atoms with Gasteiger partial charge in [-0.25, -0.2) is 14.3 Å². The number of para-hydroxylation sites is 2. The van der Waals surface area contributed by atoms with Crippen molar-refractivity contribution in [2.45, 2.75) is 20.4 Å². The predicted octanol–water partition coefficient (Wildman–Crippen LogP) is 3.15. The van der Waals surface area contributed by atoms with Crippen molar-refractivity contribution in [3.05, 3.63) is 65.4 Å². The largest absolute Gasteiger partial charge is 0.478 e. The molecular weight excluding hydrogens is 402 g/mol. The summed E-state index contributed by atoms with van der Waals surface area (Å²) in [6.45, 7) is 3.81. The molecule has 10 nitrogen and oxygen atoms in total. The van der Waals surface area contributed by atoms with E-state index in [1.807, 2.05) is 6.07 Å². The van der Waals surface area contributed by atoms with Crippen LogP contribution in [0.2, 0.25) is 0 Å². The van der Waals surface area contributed by atoms with Gasteiger partial charge in [-0.15, -0.1) is 0 Å². The molecule has 0 amide bonds. The summed E-state index contributed by atoms with van der Waals surface area (Å²) in [5.41, 5.74) is 1.66. The van der Waals surface area contributed by atoms with Gasteiger partial charge in [0, 0.05) is 5.70 Å². The number of carboxylic acid groups (broad SMARTS) is 1. The summed E-state index contributed by atoms with van der Waals surface area (Å²) >= 11 is 0. The van der Waals surface area contributed by atoms with E-state index in [-0.39, 0.29) is 12.1 Å².